The lowest BCUT2D eigenvalue weighted by atomic mass is 9.80. The summed E-state index contributed by atoms with van der Waals surface area (Å²) in [7, 11) is 3.23. The number of carbonyl (C=O) groups excluding carboxylic acids is 1. The van der Waals surface area contributed by atoms with Crippen molar-refractivity contribution in [1.82, 2.24) is 19.5 Å². The van der Waals surface area contributed by atoms with E-state index in [2.05, 4.69) is 26.2 Å². The van der Waals surface area contributed by atoms with Gasteiger partial charge in [-0.25, -0.2) is 15.0 Å². The van der Waals surface area contributed by atoms with Gasteiger partial charge in [0.1, 0.15) is 48.3 Å². The molecule has 12 heteroatoms. The number of benzene rings is 4. The zero-order chi connectivity index (χ0) is 36.8. The molecule has 3 heterocycles. The minimum atomic E-state index is -1.18. The summed E-state index contributed by atoms with van der Waals surface area (Å²) >= 11 is 0. The average molecular weight is 712 g/mol. The van der Waals surface area contributed by atoms with Crippen molar-refractivity contribution >= 4 is 22.9 Å². The molecule has 6 aromatic rings. The number of ether oxygens (including phenoxy) is 5. The van der Waals surface area contributed by atoms with Crippen molar-refractivity contribution in [3.8, 4) is 23.8 Å². The van der Waals surface area contributed by atoms with Gasteiger partial charge in [-0.1, -0.05) is 78.7 Å². The Morgan fingerprint density at radius 3 is 2.08 bits per heavy atom. The van der Waals surface area contributed by atoms with Crippen LogP contribution in [0.4, 0.5) is 5.82 Å². The highest BCUT2D eigenvalue weighted by atomic mass is 16.6. The number of anilines is 1. The molecule has 1 aliphatic heterocycles. The third kappa shape index (κ3) is 6.94. The number of rotatable bonds is 13. The van der Waals surface area contributed by atoms with Gasteiger partial charge in [-0.3, -0.25) is 9.36 Å². The second-order valence-corrected chi connectivity index (χ2v) is 12.2. The largest absolute Gasteiger partial charge is 0.497 e. The van der Waals surface area contributed by atoms with Crippen molar-refractivity contribution < 1.29 is 33.6 Å². The first kappa shape index (κ1) is 35.3. The number of amides is 1. The lowest BCUT2D eigenvalue weighted by molar-refractivity contribution is -0.0953. The number of aliphatic hydroxyl groups is 1. The highest BCUT2D eigenvalue weighted by Gasteiger charge is 2.48. The number of nitrogens with one attached hydrogen (secondary N) is 1. The molecular weight excluding hydrogens is 674 g/mol. The van der Waals surface area contributed by atoms with E-state index in [1.807, 2.05) is 84.9 Å². The Morgan fingerprint density at radius 1 is 0.868 bits per heavy atom. The van der Waals surface area contributed by atoms with Crippen LogP contribution in [0.3, 0.4) is 0 Å². The third-order valence-corrected chi connectivity index (χ3v) is 9.21. The van der Waals surface area contributed by atoms with E-state index >= 15 is 0 Å². The third-order valence-electron chi connectivity index (χ3n) is 9.21. The summed E-state index contributed by atoms with van der Waals surface area (Å²) in [6.45, 7) is -0.151. The van der Waals surface area contributed by atoms with Crippen LogP contribution in [-0.2, 0) is 19.8 Å². The predicted octanol–water partition coefficient (Wildman–Crippen LogP) is 5.38. The number of carbonyl (C=O) groups is 1. The molecule has 1 saturated heterocycles. The van der Waals surface area contributed by atoms with Gasteiger partial charge >= 0.3 is 0 Å². The van der Waals surface area contributed by atoms with Gasteiger partial charge in [0, 0.05) is 5.56 Å². The molecule has 4 aromatic carbocycles. The molecule has 12 nitrogen and oxygen atoms in total. The molecule has 0 aliphatic carbocycles. The number of hydrogen-bond acceptors (Lipinski definition) is 10. The van der Waals surface area contributed by atoms with E-state index in [0.717, 1.165) is 16.7 Å². The summed E-state index contributed by atoms with van der Waals surface area (Å²) in [6, 6.07) is 33.9. The van der Waals surface area contributed by atoms with E-state index in [-0.39, 0.29) is 24.9 Å². The molecule has 0 spiro atoms. The van der Waals surface area contributed by atoms with Crippen molar-refractivity contribution in [3.63, 3.8) is 0 Å². The minimum absolute atomic E-state index is 0.0689. The molecule has 2 aromatic heterocycles. The van der Waals surface area contributed by atoms with Gasteiger partial charge in [0.05, 0.1) is 27.2 Å². The number of aliphatic hydroxyl groups excluding tert-OH is 1. The zero-order valence-electron chi connectivity index (χ0n) is 29.0. The molecule has 0 saturated carbocycles. The Hall–Kier alpha value is -6.10. The van der Waals surface area contributed by atoms with Gasteiger partial charge in [0.2, 0.25) is 0 Å². The number of hydrogen-bond donors (Lipinski definition) is 2. The number of nitrogens with zero attached hydrogens (tertiary/aromatic N) is 4. The predicted molar refractivity (Wildman–Crippen MR) is 196 cm³/mol. The fourth-order valence-electron chi connectivity index (χ4n) is 6.58. The number of fused-ring (bicyclic) bond motifs is 1. The molecule has 1 aliphatic rings. The van der Waals surface area contributed by atoms with Gasteiger partial charge < -0.3 is 34.1 Å². The van der Waals surface area contributed by atoms with Gasteiger partial charge in [-0.15, -0.1) is 6.42 Å². The Kier molecular flexibility index (Phi) is 10.4. The van der Waals surface area contributed by atoms with Crippen molar-refractivity contribution in [2.45, 2.75) is 30.1 Å². The molecule has 0 radical (unpaired) electrons. The van der Waals surface area contributed by atoms with Crippen LogP contribution in [0.5, 0.6) is 11.5 Å². The van der Waals surface area contributed by atoms with Crippen molar-refractivity contribution in [3.05, 3.63) is 144 Å². The van der Waals surface area contributed by atoms with E-state index in [4.69, 9.17) is 30.1 Å². The molecule has 7 rings (SSSR count). The maximum absolute atomic E-state index is 13.0. The van der Waals surface area contributed by atoms with Crippen LogP contribution >= 0.6 is 0 Å². The van der Waals surface area contributed by atoms with Crippen molar-refractivity contribution in [2.24, 2.45) is 0 Å². The van der Waals surface area contributed by atoms with E-state index in [0.29, 0.717) is 28.2 Å². The number of methoxy groups -OCH3 is 2. The molecule has 0 bridgehead atoms. The Labute approximate surface area is 306 Å². The van der Waals surface area contributed by atoms with Crippen LogP contribution in [0.1, 0.15) is 33.3 Å². The van der Waals surface area contributed by atoms with Crippen LogP contribution in [0, 0.1) is 12.3 Å². The van der Waals surface area contributed by atoms with Gasteiger partial charge in [-0.2, -0.15) is 0 Å². The highest BCUT2D eigenvalue weighted by Crippen LogP contribution is 2.43. The number of imidazole rings is 1. The van der Waals surface area contributed by atoms with Crippen molar-refractivity contribution in [2.75, 3.05) is 32.8 Å². The normalized spacial score (nSPS) is 18.4. The van der Waals surface area contributed by atoms with Gasteiger partial charge in [0.25, 0.3) is 5.91 Å². The van der Waals surface area contributed by atoms with Crippen LogP contribution in [-0.4, -0.2) is 76.3 Å². The van der Waals surface area contributed by atoms with E-state index in [1.165, 1.54) is 12.7 Å². The Bertz CT molecular complexity index is 2140. The highest BCUT2D eigenvalue weighted by molar-refractivity contribution is 6.06. The van der Waals surface area contributed by atoms with E-state index in [1.54, 1.807) is 43.1 Å². The maximum Gasteiger partial charge on any atom is 0.256 e. The minimum Gasteiger partial charge on any atom is -0.497 e. The molecule has 53 heavy (non-hydrogen) atoms. The quantitative estimate of drug-likeness (QED) is 0.119. The Morgan fingerprint density at radius 2 is 1.47 bits per heavy atom. The molecule has 1 fully saturated rings. The Balaban J connectivity index is 1.24. The van der Waals surface area contributed by atoms with Crippen LogP contribution in [0.25, 0.3) is 11.2 Å². The second kappa shape index (κ2) is 15.6. The molecule has 1 amide bonds. The summed E-state index contributed by atoms with van der Waals surface area (Å²) in [5.74, 6) is 3.73. The lowest BCUT2D eigenvalue weighted by Crippen LogP contribution is -2.40. The molecule has 4 unspecified atom stereocenters. The van der Waals surface area contributed by atoms with E-state index in [9.17, 15) is 9.90 Å². The first-order chi connectivity index (χ1) is 26.0. The van der Waals surface area contributed by atoms with Crippen molar-refractivity contribution in [1.29, 1.82) is 0 Å². The standard InChI is InChI=1S/C41H37N5O7/c1-4-23-51-36-35(47)33(53-40(36)46-26-44-34-37(42-25-43-38(34)46)45-39(48)27-11-7-5-8-12-27)24-52-41(28-13-9-6-10-14-28,29-15-19-31(49-2)20-16-29)30-17-21-32(50-3)22-18-30/h1,5-22,25-26,33,35-36,40,47H,23-24H2,2-3H3,(H,42,43,45,48). The summed E-state index contributed by atoms with van der Waals surface area (Å²) in [5.41, 5.74) is 2.47. The lowest BCUT2D eigenvalue weighted by Gasteiger charge is -2.37. The fourth-order valence-corrected chi connectivity index (χ4v) is 6.58. The van der Waals surface area contributed by atoms with Gasteiger partial charge in [-0.05, 0) is 53.1 Å². The summed E-state index contributed by atoms with van der Waals surface area (Å²) in [5, 5.41) is 14.6. The summed E-state index contributed by atoms with van der Waals surface area (Å²) in [4.78, 5) is 26.2. The van der Waals surface area contributed by atoms with Crippen LogP contribution in [0.15, 0.2) is 122 Å². The first-order valence-corrected chi connectivity index (χ1v) is 16.9. The molecular formula is C41H37N5O7. The number of terminal acetylenes is 1. The smallest absolute Gasteiger partial charge is 0.256 e. The second-order valence-electron chi connectivity index (χ2n) is 12.2. The molecule has 2 N–H and O–H groups in total. The molecule has 268 valence electrons. The fraction of sp³-hybridized carbons (Fsp3) is 0.220. The zero-order valence-corrected chi connectivity index (χ0v) is 29.0. The topological polar surface area (TPSA) is 139 Å². The average Bonchev–Trinajstić information content (AvgIpc) is 3.79. The van der Waals surface area contributed by atoms with Gasteiger partial charge in [0.15, 0.2) is 23.2 Å². The SMILES string of the molecule is C#CCOC1C(O)C(COC(c2ccccc2)(c2ccc(OC)cc2)c2ccc(OC)cc2)OC1n1cnc2c(NC(=O)c3ccccc3)ncnc21. The first-order valence-electron chi connectivity index (χ1n) is 16.9. The summed E-state index contributed by atoms with van der Waals surface area (Å²) < 4.78 is 32.2. The summed E-state index contributed by atoms with van der Waals surface area (Å²) in [6.07, 6.45) is 4.50. The number of aromatic nitrogens is 4. The van der Waals surface area contributed by atoms with Crippen LogP contribution in [0.2, 0.25) is 0 Å². The maximum atomic E-state index is 13.0. The van der Waals surface area contributed by atoms with Crippen LogP contribution < -0.4 is 14.8 Å². The molecule has 4 atom stereocenters. The monoisotopic (exact) mass is 711 g/mol. The van der Waals surface area contributed by atoms with E-state index < -0.39 is 30.1 Å².